The van der Waals surface area contributed by atoms with Gasteiger partial charge in [0.1, 0.15) is 12.4 Å². The van der Waals surface area contributed by atoms with Crippen LogP contribution in [0.25, 0.3) is 16.8 Å². The predicted molar refractivity (Wildman–Crippen MR) is 156 cm³/mol. The van der Waals surface area contributed by atoms with Crippen LogP contribution in [0.3, 0.4) is 0 Å². The number of anilines is 1. The Morgan fingerprint density at radius 2 is 1.59 bits per heavy atom. The number of para-hydroxylation sites is 1. The summed E-state index contributed by atoms with van der Waals surface area (Å²) in [5.74, 6) is -0.129. The van der Waals surface area contributed by atoms with Crippen molar-refractivity contribution < 1.29 is 14.3 Å². The van der Waals surface area contributed by atoms with E-state index in [1.165, 1.54) is 4.90 Å². The average molecular weight is 545 g/mol. The van der Waals surface area contributed by atoms with Gasteiger partial charge >= 0.3 is 0 Å². The summed E-state index contributed by atoms with van der Waals surface area (Å²) in [6.45, 7) is 6.55. The fourth-order valence-electron chi connectivity index (χ4n) is 4.07. The molecule has 0 aliphatic carbocycles. The summed E-state index contributed by atoms with van der Waals surface area (Å²) < 4.78 is 6.84. The Hall–Kier alpha value is -3.94. The minimum absolute atomic E-state index is 0.152. The summed E-state index contributed by atoms with van der Waals surface area (Å²) >= 11 is 6.45. The first-order chi connectivity index (χ1) is 18.7. The first-order valence-corrected chi connectivity index (χ1v) is 13.1. The lowest BCUT2D eigenvalue weighted by molar-refractivity contribution is -0.117. The third-order valence-electron chi connectivity index (χ3n) is 6.25. The number of nitrogens with one attached hydrogen (secondary N) is 1. The standard InChI is InChI=1S/C31H33ClN4O3/c1-31(2,3)27-20-28(36(34-27)26-13-9-8-12-25(26)32)33-29(37)21-35(18-19-39-4)30(38)24-16-14-23(15-17-24)22-10-6-5-7-11-22/h5-17,20H,18-19,21H2,1-4H3,(H,33,37). The van der Waals surface area contributed by atoms with Crippen molar-refractivity contribution in [2.45, 2.75) is 26.2 Å². The molecule has 0 saturated carbocycles. The van der Waals surface area contributed by atoms with Gasteiger partial charge in [-0.25, -0.2) is 4.68 Å². The Morgan fingerprint density at radius 3 is 2.23 bits per heavy atom. The van der Waals surface area contributed by atoms with E-state index in [4.69, 9.17) is 21.4 Å². The summed E-state index contributed by atoms with van der Waals surface area (Å²) in [4.78, 5) is 28.2. The molecule has 1 aromatic heterocycles. The Morgan fingerprint density at radius 1 is 0.949 bits per heavy atom. The van der Waals surface area contributed by atoms with Gasteiger partial charge < -0.3 is 15.0 Å². The molecule has 1 N–H and O–H groups in total. The zero-order valence-corrected chi connectivity index (χ0v) is 23.4. The Labute approximate surface area is 234 Å². The molecular weight excluding hydrogens is 512 g/mol. The van der Waals surface area contributed by atoms with Crippen molar-refractivity contribution in [1.29, 1.82) is 0 Å². The number of halogens is 1. The maximum absolute atomic E-state index is 13.4. The molecule has 7 nitrogen and oxygen atoms in total. The number of hydrogen-bond acceptors (Lipinski definition) is 4. The van der Waals surface area contributed by atoms with Gasteiger partial charge in [0, 0.05) is 30.7 Å². The van der Waals surface area contributed by atoms with E-state index in [2.05, 4.69) is 5.32 Å². The largest absolute Gasteiger partial charge is 0.383 e. The van der Waals surface area contributed by atoms with Gasteiger partial charge in [0.25, 0.3) is 5.91 Å². The van der Waals surface area contributed by atoms with Gasteiger partial charge in [-0.3, -0.25) is 9.59 Å². The van der Waals surface area contributed by atoms with E-state index < -0.39 is 0 Å². The molecule has 0 radical (unpaired) electrons. The number of rotatable bonds is 9. The molecule has 0 fully saturated rings. The molecule has 2 amide bonds. The SMILES string of the molecule is COCCN(CC(=O)Nc1cc(C(C)(C)C)nn1-c1ccccc1Cl)C(=O)c1ccc(-c2ccccc2)cc1. The number of carbonyl (C=O) groups excluding carboxylic acids is 2. The van der Waals surface area contributed by atoms with Gasteiger partial charge in [0.05, 0.1) is 23.0 Å². The second-order valence-corrected chi connectivity index (χ2v) is 10.6. The van der Waals surface area contributed by atoms with Crippen LogP contribution in [0.5, 0.6) is 0 Å². The molecule has 0 spiro atoms. The maximum atomic E-state index is 13.4. The number of amides is 2. The van der Waals surface area contributed by atoms with Crippen molar-refractivity contribution in [3.8, 4) is 16.8 Å². The first kappa shape index (κ1) is 28.1. The van der Waals surface area contributed by atoms with Crippen molar-refractivity contribution in [2.24, 2.45) is 0 Å². The molecule has 4 rings (SSSR count). The highest BCUT2D eigenvalue weighted by molar-refractivity contribution is 6.32. The lowest BCUT2D eigenvalue weighted by Gasteiger charge is -2.22. The Kier molecular flexibility index (Phi) is 8.84. The lowest BCUT2D eigenvalue weighted by atomic mass is 9.92. The van der Waals surface area contributed by atoms with E-state index in [0.29, 0.717) is 28.7 Å². The monoisotopic (exact) mass is 544 g/mol. The normalized spacial score (nSPS) is 11.3. The Bertz CT molecular complexity index is 1430. The predicted octanol–water partition coefficient (Wildman–Crippen LogP) is 6.22. The number of ether oxygens (including phenoxy) is 1. The van der Waals surface area contributed by atoms with E-state index in [1.807, 2.05) is 87.5 Å². The van der Waals surface area contributed by atoms with E-state index in [9.17, 15) is 9.59 Å². The second kappa shape index (κ2) is 12.3. The molecular formula is C31H33ClN4O3. The zero-order chi connectivity index (χ0) is 28.0. The number of hydrogen-bond donors (Lipinski definition) is 1. The van der Waals surface area contributed by atoms with Gasteiger partial charge in [-0.05, 0) is 35.4 Å². The smallest absolute Gasteiger partial charge is 0.254 e. The third kappa shape index (κ3) is 6.93. The number of nitrogens with zero attached hydrogens (tertiary/aromatic N) is 3. The minimum atomic E-state index is -0.353. The molecule has 39 heavy (non-hydrogen) atoms. The molecule has 8 heteroatoms. The molecule has 0 aliphatic rings. The zero-order valence-electron chi connectivity index (χ0n) is 22.6. The molecule has 0 saturated heterocycles. The average Bonchev–Trinajstić information content (AvgIpc) is 3.35. The number of aromatic nitrogens is 2. The molecule has 0 aliphatic heterocycles. The molecule has 0 bridgehead atoms. The summed E-state index contributed by atoms with van der Waals surface area (Å²) in [5, 5.41) is 8.17. The molecule has 4 aromatic rings. The summed E-state index contributed by atoms with van der Waals surface area (Å²) in [6.07, 6.45) is 0. The van der Waals surface area contributed by atoms with E-state index >= 15 is 0 Å². The topological polar surface area (TPSA) is 76.5 Å². The Balaban J connectivity index is 1.55. The lowest BCUT2D eigenvalue weighted by Crippen LogP contribution is -2.40. The summed E-state index contributed by atoms with van der Waals surface area (Å²) in [5.41, 5.74) is 3.76. The summed E-state index contributed by atoms with van der Waals surface area (Å²) in [6, 6.07) is 26.5. The van der Waals surface area contributed by atoms with Crippen molar-refractivity contribution in [3.63, 3.8) is 0 Å². The quantitative estimate of drug-likeness (QED) is 0.271. The number of methoxy groups -OCH3 is 1. The molecule has 202 valence electrons. The van der Waals surface area contributed by atoms with E-state index in [1.54, 1.807) is 30.0 Å². The van der Waals surface area contributed by atoms with Crippen molar-refractivity contribution in [1.82, 2.24) is 14.7 Å². The highest BCUT2D eigenvalue weighted by Gasteiger charge is 2.24. The van der Waals surface area contributed by atoms with Crippen LogP contribution in [0.15, 0.2) is 84.9 Å². The van der Waals surface area contributed by atoms with Crippen LogP contribution in [0.1, 0.15) is 36.8 Å². The fraction of sp³-hybridized carbons (Fsp3) is 0.258. The van der Waals surface area contributed by atoms with Crippen LogP contribution in [-0.4, -0.2) is 53.3 Å². The van der Waals surface area contributed by atoms with Crippen LogP contribution in [-0.2, 0) is 14.9 Å². The number of benzene rings is 3. The van der Waals surface area contributed by atoms with Gasteiger partial charge in [-0.15, -0.1) is 0 Å². The summed E-state index contributed by atoms with van der Waals surface area (Å²) in [7, 11) is 1.56. The first-order valence-electron chi connectivity index (χ1n) is 12.8. The molecule has 1 heterocycles. The highest BCUT2D eigenvalue weighted by Crippen LogP contribution is 2.29. The van der Waals surface area contributed by atoms with Crippen LogP contribution in [0, 0.1) is 0 Å². The van der Waals surface area contributed by atoms with Crippen LogP contribution in [0.4, 0.5) is 5.82 Å². The third-order valence-corrected chi connectivity index (χ3v) is 6.57. The minimum Gasteiger partial charge on any atom is -0.383 e. The van der Waals surface area contributed by atoms with Gasteiger partial charge in [-0.2, -0.15) is 5.10 Å². The molecule has 3 aromatic carbocycles. The van der Waals surface area contributed by atoms with Crippen molar-refractivity contribution >= 4 is 29.2 Å². The van der Waals surface area contributed by atoms with Crippen LogP contribution >= 0.6 is 11.6 Å². The van der Waals surface area contributed by atoms with Crippen molar-refractivity contribution in [2.75, 3.05) is 32.1 Å². The maximum Gasteiger partial charge on any atom is 0.254 e. The van der Waals surface area contributed by atoms with Crippen LogP contribution < -0.4 is 5.32 Å². The highest BCUT2D eigenvalue weighted by atomic mass is 35.5. The van der Waals surface area contributed by atoms with E-state index in [-0.39, 0.29) is 30.3 Å². The fourth-order valence-corrected chi connectivity index (χ4v) is 4.29. The van der Waals surface area contributed by atoms with Crippen molar-refractivity contribution in [3.05, 3.63) is 101 Å². The van der Waals surface area contributed by atoms with Gasteiger partial charge in [0.2, 0.25) is 5.91 Å². The van der Waals surface area contributed by atoms with Crippen LogP contribution in [0.2, 0.25) is 5.02 Å². The number of carbonyl (C=O) groups is 2. The molecule has 0 atom stereocenters. The molecule has 0 unspecified atom stereocenters. The van der Waals surface area contributed by atoms with Gasteiger partial charge in [0.15, 0.2) is 0 Å². The van der Waals surface area contributed by atoms with Gasteiger partial charge in [-0.1, -0.05) is 87.0 Å². The second-order valence-electron chi connectivity index (χ2n) is 10.2. The van der Waals surface area contributed by atoms with E-state index in [0.717, 1.165) is 16.8 Å².